The van der Waals surface area contributed by atoms with Crippen LogP contribution in [0.15, 0.2) is 24.3 Å². The lowest BCUT2D eigenvalue weighted by molar-refractivity contribution is 0.0610. The number of carbonyl (C=O) groups excluding carboxylic acids is 2. The minimum absolute atomic E-state index is 0.254. The zero-order chi connectivity index (χ0) is 13.5. The minimum atomic E-state index is -4.24. The molecule has 18 heavy (non-hydrogen) atoms. The van der Waals surface area contributed by atoms with Gasteiger partial charge in [-0.1, -0.05) is 12.1 Å². The first-order chi connectivity index (χ1) is 8.31. The maximum Gasteiger partial charge on any atom is 0.266 e. The third kappa shape index (κ3) is 2.14. The number of imide groups is 1. The molecule has 0 unspecified atom stereocenters. The number of amides is 2. The first kappa shape index (κ1) is 12.7. The summed E-state index contributed by atoms with van der Waals surface area (Å²) in [4.78, 5) is 24.8. The van der Waals surface area contributed by atoms with E-state index in [0.717, 1.165) is 4.90 Å². The highest BCUT2D eigenvalue weighted by Crippen LogP contribution is 2.24. The van der Waals surface area contributed by atoms with Gasteiger partial charge >= 0.3 is 0 Å². The minimum Gasteiger partial charge on any atom is -0.285 e. The lowest BCUT2D eigenvalue weighted by Crippen LogP contribution is -2.41. The number of benzene rings is 1. The van der Waals surface area contributed by atoms with Gasteiger partial charge in [0.15, 0.2) is 0 Å². The van der Waals surface area contributed by atoms with E-state index in [2.05, 4.69) is 0 Å². The Morgan fingerprint density at radius 3 is 2.00 bits per heavy atom. The van der Waals surface area contributed by atoms with E-state index in [1.807, 2.05) is 0 Å². The fourth-order valence-corrected chi connectivity index (χ4v) is 2.75. The Labute approximate surface area is 104 Å². The van der Waals surface area contributed by atoms with Crippen LogP contribution in [0.5, 0.6) is 0 Å². The summed E-state index contributed by atoms with van der Waals surface area (Å²) in [6, 6.07) is 5.36. The van der Waals surface area contributed by atoms with Crippen molar-refractivity contribution in [3.63, 3.8) is 0 Å². The normalized spacial score (nSPS) is 16.9. The van der Waals surface area contributed by atoms with Crippen LogP contribution in [-0.4, -0.2) is 41.5 Å². The molecule has 0 spiro atoms. The molecule has 0 fully saturated rings. The van der Waals surface area contributed by atoms with Crippen LogP contribution in [0.1, 0.15) is 27.6 Å². The molecule has 0 saturated carbocycles. The number of rotatable bonds is 3. The van der Waals surface area contributed by atoms with E-state index in [9.17, 15) is 18.0 Å². The van der Waals surface area contributed by atoms with Gasteiger partial charge in [-0.2, -0.15) is 8.42 Å². The second-order valence-electron chi connectivity index (χ2n) is 4.12. The molecule has 1 aromatic carbocycles. The number of carbonyl (C=O) groups is 2. The van der Waals surface area contributed by atoms with E-state index >= 15 is 0 Å². The van der Waals surface area contributed by atoms with Gasteiger partial charge in [-0.25, -0.2) is 0 Å². The number of hydrogen-bond acceptors (Lipinski definition) is 4. The molecule has 1 atom stereocenters. The average Bonchev–Trinajstić information content (AvgIpc) is 2.50. The van der Waals surface area contributed by atoms with Crippen LogP contribution in [0, 0.1) is 0 Å². The van der Waals surface area contributed by atoms with Crippen LogP contribution in [0.3, 0.4) is 0 Å². The van der Waals surface area contributed by atoms with Crippen LogP contribution in [0.2, 0.25) is 0 Å². The molecule has 7 heteroatoms. The molecule has 0 bridgehead atoms. The van der Waals surface area contributed by atoms with Crippen LogP contribution in [0.4, 0.5) is 0 Å². The molecular weight excluding hydrogens is 258 g/mol. The van der Waals surface area contributed by atoms with Gasteiger partial charge in [0.2, 0.25) is 0 Å². The molecule has 1 N–H and O–H groups in total. The Bertz CT molecular complexity index is 587. The second kappa shape index (κ2) is 4.18. The van der Waals surface area contributed by atoms with E-state index in [1.54, 1.807) is 12.1 Å². The van der Waals surface area contributed by atoms with Crippen LogP contribution in [0.25, 0.3) is 0 Å². The van der Waals surface area contributed by atoms with Crippen molar-refractivity contribution in [2.24, 2.45) is 0 Å². The van der Waals surface area contributed by atoms with Gasteiger partial charge in [-0.05, 0) is 19.1 Å². The Morgan fingerprint density at radius 1 is 1.17 bits per heavy atom. The summed E-state index contributed by atoms with van der Waals surface area (Å²) >= 11 is 0. The molecule has 1 heterocycles. The first-order valence-electron chi connectivity index (χ1n) is 5.23. The van der Waals surface area contributed by atoms with Crippen molar-refractivity contribution in [3.05, 3.63) is 35.4 Å². The van der Waals surface area contributed by atoms with Crippen LogP contribution < -0.4 is 0 Å². The second-order valence-corrected chi connectivity index (χ2v) is 5.62. The quantitative estimate of drug-likeness (QED) is 0.639. The highest BCUT2D eigenvalue weighted by atomic mass is 32.2. The number of hydrogen-bond donors (Lipinski definition) is 1. The molecule has 6 nitrogen and oxygen atoms in total. The number of nitrogens with zero attached hydrogens (tertiary/aromatic N) is 1. The summed E-state index contributed by atoms with van der Waals surface area (Å²) in [5.41, 5.74) is 0.509. The standard InChI is InChI=1S/C11H11NO5S/c1-7(6-18(15,16)17)12-10(13)8-4-2-3-5-9(8)11(12)14/h2-5,7H,6H2,1H3,(H,15,16,17)/t7-/m0/s1. The zero-order valence-corrected chi connectivity index (χ0v) is 10.3. The van der Waals surface area contributed by atoms with E-state index in [4.69, 9.17) is 4.55 Å². The Balaban J connectivity index is 2.34. The summed E-state index contributed by atoms with van der Waals surface area (Å²) in [6.07, 6.45) is 0. The summed E-state index contributed by atoms with van der Waals surface area (Å²) in [5.74, 6) is -1.74. The third-order valence-corrected chi connectivity index (χ3v) is 3.62. The van der Waals surface area contributed by atoms with Gasteiger partial charge in [0.05, 0.1) is 22.9 Å². The molecule has 0 saturated heterocycles. The van der Waals surface area contributed by atoms with Crippen molar-refractivity contribution in [3.8, 4) is 0 Å². The van der Waals surface area contributed by atoms with Gasteiger partial charge in [0, 0.05) is 0 Å². The Kier molecular flexibility index (Phi) is 2.95. The smallest absolute Gasteiger partial charge is 0.266 e. The van der Waals surface area contributed by atoms with Crippen LogP contribution in [-0.2, 0) is 10.1 Å². The topological polar surface area (TPSA) is 91.8 Å². The van der Waals surface area contributed by atoms with Gasteiger partial charge < -0.3 is 0 Å². The first-order valence-corrected chi connectivity index (χ1v) is 6.84. The van der Waals surface area contributed by atoms with Gasteiger partial charge in [0.1, 0.15) is 0 Å². The van der Waals surface area contributed by atoms with Crippen molar-refractivity contribution in [1.29, 1.82) is 0 Å². The summed E-state index contributed by atoms with van der Waals surface area (Å²) < 4.78 is 30.3. The van der Waals surface area contributed by atoms with Crippen molar-refractivity contribution < 1.29 is 22.6 Å². The Hall–Kier alpha value is -1.73. The Morgan fingerprint density at radius 2 is 1.61 bits per heavy atom. The van der Waals surface area contributed by atoms with Crippen molar-refractivity contribution in [2.75, 3.05) is 5.75 Å². The summed E-state index contributed by atoms with van der Waals surface area (Å²) in [7, 11) is -4.24. The highest BCUT2D eigenvalue weighted by Gasteiger charge is 2.39. The zero-order valence-electron chi connectivity index (χ0n) is 9.53. The van der Waals surface area contributed by atoms with Gasteiger partial charge in [-0.3, -0.25) is 19.0 Å². The molecule has 2 rings (SSSR count). The average molecular weight is 269 g/mol. The fourth-order valence-electron chi connectivity index (χ4n) is 1.99. The monoisotopic (exact) mass is 269 g/mol. The molecular formula is C11H11NO5S. The van der Waals surface area contributed by atoms with Gasteiger partial charge in [0.25, 0.3) is 21.9 Å². The molecule has 0 radical (unpaired) electrons. The molecule has 1 aromatic rings. The maximum absolute atomic E-state index is 12.0. The molecule has 0 aliphatic carbocycles. The van der Waals surface area contributed by atoms with Crippen molar-refractivity contribution >= 4 is 21.9 Å². The predicted octanol–water partition coefficient (Wildman–Crippen LogP) is 0.559. The van der Waals surface area contributed by atoms with Crippen molar-refractivity contribution in [2.45, 2.75) is 13.0 Å². The van der Waals surface area contributed by atoms with E-state index in [0.29, 0.717) is 0 Å². The molecule has 0 aromatic heterocycles. The fraction of sp³-hybridized carbons (Fsp3) is 0.273. The van der Waals surface area contributed by atoms with E-state index < -0.39 is 33.7 Å². The maximum atomic E-state index is 12.0. The molecule has 2 amide bonds. The summed E-state index contributed by atoms with van der Waals surface area (Å²) in [6.45, 7) is 1.40. The SMILES string of the molecule is C[C@@H](CS(=O)(=O)O)N1C(=O)c2ccccc2C1=O. The third-order valence-electron chi connectivity index (χ3n) is 2.72. The molecule has 96 valence electrons. The lowest BCUT2D eigenvalue weighted by atomic mass is 10.1. The van der Waals surface area contributed by atoms with E-state index in [-0.39, 0.29) is 11.1 Å². The van der Waals surface area contributed by atoms with Gasteiger partial charge in [-0.15, -0.1) is 0 Å². The number of fused-ring (bicyclic) bond motifs is 1. The summed E-state index contributed by atoms with van der Waals surface area (Å²) in [5, 5.41) is 0. The molecule has 1 aliphatic heterocycles. The van der Waals surface area contributed by atoms with Crippen LogP contribution >= 0.6 is 0 Å². The molecule has 1 aliphatic rings. The predicted molar refractivity (Wildman–Crippen MR) is 62.8 cm³/mol. The highest BCUT2D eigenvalue weighted by molar-refractivity contribution is 7.85. The van der Waals surface area contributed by atoms with E-state index in [1.165, 1.54) is 19.1 Å². The largest absolute Gasteiger partial charge is 0.285 e. The lowest BCUT2D eigenvalue weighted by Gasteiger charge is -2.20. The van der Waals surface area contributed by atoms with Crippen molar-refractivity contribution in [1.82, 2.24) is 4.90 Å².